The largest absolute Gasteiger partial charge is 0.389 e. The summed E-state index contributed by atoms with van der Waals surface area (Å²) < 4.78 is 0. The maximum absolute atomic E-state index is 10.5. The van der Waals surface area contributed by atoms with Crippen molar-refractivity contribution in [3.8, 4) is 0 Å². The Hall–Kier alpha value is -0.160. The van der Waals surface area contributed by atoms with E-state index in [1.165, 1.54) is 77.0 Å². The Bertz CT molecular complexity index is 340. The predicted octanol–water partition coefficient (Wildman–Crippen LogP) is 4.64. The summed E-state index contributed by atoms with van der Waals surface area (Å²) in [6.07, 6.45) is 16.0. The second-order valence-electron chi connectivity index (χ2n) is 8.64. The van der Waals surface area contributed by atoms with E-state index < -0.39 is 18.3 Å². The van der Waals surface area contributed by atoms with Gasteiger partial charge in [0.15, 0.2) is 0 Å². The van der Waals surface area contributed by atoms with Crippen molar-refractivity contribution in [1.29, 1.82) is 0 Å². The van der Waals surface area contributed by atoms with Crippen LogP contribution in [0.5, 0.6) is 0 Å². The first-order chi connectivity index (χ1) is 13.1. The van der Waals surface area contributed by atoms with Crippen LogP contribution in [-0.4, -0.2) is 57.7 Å². The number of aliphatic hydroxyl groups is 3. The van der Waals surface area contributed by atoms with Gasteiger partial charge in [-0.05, 0) is 19.4 Å². The van der Waals surface area contributed by atoms with Gasteiger partial charge in [0.05, 0.1) is 12.2 Å². The Balaban J connectivity index is 2.30. The molecule has 1 fully saturated rings. The standard InChI is InChI=1S/C23H47NO3/c1-3-5-7-9-11-13-15-17-20-22(26)23(27)21(25)19-24(20)18-16-14-12-10-8-6-4-2/h20-23,25-27H,3-19H2,1-2H3/t20-,21+,22?,23-/m0/s1. The maximum atomic E-state index is 10.5. The molecule has 0 spiro atoms. The van der Waals surface area contributed by atoms with Gasteiger partial charge in [-0.25, -0.2) is 0 Å². The fourth-order valence-electron chi connectivity index (χ4n) is 4.35. The molecule has 1 rings (SSSR count). The molecule has 0 radical (unpaired) electrons. The first-order valence-corrected chi connectivity index (χ1v) is 11.9. The number of rotatable bonds is 16. The molecular weight excluding hydrogens is 338 g/mol. The summed E-state index contributed by atoms with van der Waals surface area (Å²) in [7, 11) is 0. The fraction of sp³-hybridized carbons (Fsp3) is 1.00. The molecule has 3 N–H and O–H groups in total. The summed E-state index contributed by atoms with van der Waals surface area (Å²) in [6.45, 7) is 5.90. The van der Waals surface area contributed by atoms with Crippen LogP contribution in [0.3, 0.4) is 0 Å². The number of unbranched alkanes of at least 4 members (excludes halogenated alkanes) is 12. The van der Waals surface area contributed by atoms with Crippen LogP contribution in [-0.2, 0) is 0 Å². The third kappa shape index (κ3) is 10.3. The lowest BCUT2D eigenvalue weighted by Gasteiger charge is -2.44. The molecule has 0 aromatic heterocycles. The Kier molecular flexibility index (Phi) is 14.5. The fourth-order valence-corrected chi connectivity index (χ4v) is 4.35. The van der Waals surface area contributed by atoms with Crippen LogP contribution < -0.4 is 0 Å². The van der Waals surface area contributed by atoms with E-state index in [4.69, 9.17) is 0 Å². The number of hydrogen-bond donors (Lipinski definition) is 3. The van der Waals surface area contributed by atoms with E-state index in [-0.39, 0.29) is 6.04 Å². The van der Waals surface area contributed by atoms with Gasteiger partial charge in [-0.2, -0.15) is 0 Å². The molecule has 0 aliphatic carbocycles. The van der Waals surface area contributed by atoms with Gasteiger partial charge < -0.3 is 15.3 Å². The normalized spacial score (nSPS) is 26.6. The minimum Gasteiger partial charge on any atom is -0.389 e. The van der Waals surface area contributed by atoms with E-state index in [1.807, 2.05) is 0 Å². The molecule has 0 aromatic carbocycles. The molecule has 1 aliphatic heterocycles. The molecule has 4 heteroatoms. The lowest BCUT2D eigenvalue weighted by atomic mass is 9.89. The number of aliphatic hydroxyl groups excluding tert-OH is 3. The first kappa shape index (κ1) is 24.9. The van der Waals surface area contributed by atoms with Crippen LogP contribution in [0.4, 0.5) is 0 Å². The molecule has 4 atom stereocenters. The average Bonchev–Trinajstić information content (AvgIpc) is 2.66. The van der Waals surface area contributed by atoms with Gasteiger partial charge in [0.2, 0.25) is 0 Å². The Morgan fingerprint density at radius 3 is 1.67 bits per heavy atom. The number of hydrogen-bond acceptors (Lipinski definition) is 4. The SMILES string of the molecule is CCCCCCCCC[C@H]1C(O)[C@@H](O)[C@H](O)CN1CCCCCCCCC. The summed E-state index contributed by atoms with van der Waals surface area (Å²) in [6, 6.07) is -0.000803. The number of piperidine rings is 1. The summed E-state index contributed by atoms with van der Waals surface area (Å²) in [5.74, 6) is 0. The summed E-state index contributed by atoms with van der Waals surface area (Å²) in [5, 5.41) is 30.7. The van der Waals surface area contributed by atoms with Crippen LogP contribution in [0.25, 0.3) is 0 Å². The average molecular weight is 386 g/mol. The van der Waals surface area contributed by atoms with Gasteiger partial charge in [-0.1, -0.05) is 97.3 Å². The van der Waals surface area contributed by atoms with Gasteiger partial charge in [0.1, 0.15) is 6.10 Å². The third-order valence-corrected chi connectivity index (χ3v) is 6.18. The zero-order valence-electron chi connectivity index (χ0n) is 18.1. The Labute approximate surface area is 168 Å². The van der Waals surface area contributed by atoms with Crippen molar-refractivity contribution in [3.63, 3.8) is 0 Å². The van der Waals surface area contributed by atoms with Crippen LogP contribution in [0, 0.1) is 0 Å². The Morgan fingerprint density at radius 2 is 1.11 bits per heavy atom. The van der Waals surface area contributed by atoms with E-state index in [9.17, 15) is 15.3 Å². The lowest BCUT2D eigenvalue weighted by molar-refractivity contribution is -0.138. The van der Waals surface area contributed by atoms with Crippen molar-refractivity contribution < 1.29 is 15.3 Å². The highest BCUT2D eigenvalue weighted by atomic mass is 16.4. The topological polar surface area (TPSA) is 63.9 Å². The molecule has 0 saturated carbocycles. The van der Waals surface area contributed by atoms with E-state index in [1.54, 1.807) is 0 Å². The summed E-state index contributed by atoms with van der Waals surface area (Å²) >= 11 is 0. The van der Waals surface area contributed by atoms with Crippen molar-refractivity contribution in [2.24, 2.45) is 0 Å². The molecule has 0 bridgehead atoms. The van der Waals surface area contributed by atoms with Crippen molar-refractivity contribution in [2.75, 3.05) is 13.1 Å². The molecule has 1 aliphatic rings. The van der Waals surface area contributed by atoms with Gasteiger partial charge in [-0.15, -0.1) is 0 Å². The van der Waals surface area contributed by atoms with Crippen LogP contribution >= 0.6 is 0 Å². The molecular formula is C23H47NO3. The van der Waals surface area contributed by atoms with Gasteiger partial charge in [0, 0.05) is 12.6 Å². The van der Waals surface area contributed by atoms with E-state index in [2.05, 4.69) is 18.7 Å². The summed E-state index contributed by atoms with van der Waals surface area (Å²) in [4.78, 5) is 2.24. The highest BCUT2D eigenvalue weighted by Crippen LogP contribution is 2.24. The lowest BCUT2D eigenvalue weighted by Crippen LogP contribution is -2.61. The molecule has 4 nitrogen and oxygen atoms in total. The molecule has 0 amide bonds. The highest BCUT2D eigenvalue weighted by Gasteiger charge is 2.40. The second-order valence-corrected chi connectivity index (χ2v) is 8.64. The van der Waals surface area contributed by atoms with Crippen molar-refractivity contribution in [2.45, 2.75) is 135 Å². The molecule has 1 heterocycles. The van der Waals surface area contributed by atoms with Crippen molar-refractivity contribution in [3.05, 3.63) is 0 Å². The second kappa shape index (κ2) is 15.7. The first-order valence-electron chi connectivity index (χ1n) is 11.9. The molecule has 0 aromatic rings. The van der Waals surface area contributed by atoms with E-state index in [0.29, 0.717) is 6.54 Å². The van der Waals surface area contributed by atoms with Gasteiger partial charge >= 0.3 is 0 Å². The molecule has 162 valence electrons. The van der Waals surface area contributed by atoms with E-state index >= 15 is 0 Å². The van der Waals surface area contributed by atoms with Crippen molar-refractivity contribution >= 4 is 0 Å². The molecule has 1 saturated heterocycles. The quantitative estimate of drug-likeness (QED) is 0.339. The third-order valence-electron chi connectivity index (χ3n) is 6.18. The predicted molar refractivity (Wildman–Crippen MR) is 114 cm³/mol. The minimum absolute atomic E-state index is 0.000803. The van der Waals surface area contributed by atoms with Crippen LogP contribution in [0.2, 0.25) is 0 Å². The van der Waals surface area contributed by atoms with Gasteiger partial charge in [0.25, 0.3) is 0 Å². The highest BCUT2D eigenvalue weighted by molar-refractivity contribution is 4.94. The summed E-state index contributed by atoms with van der Waals surface area (Å²) in [5.41, 5.74) is 0. The zero-order chi connectivity index (χ0) is 19.9. The van der Waals surface area contributed by atoms with Crippen LogP contribution in [0.1, 0.15) is 110 Å². The maximum Gasteiger partial charge on any atom is 0.108 e. The molecule has 27 heavy (non-hydrogen) atoms. The molecule has 1 unspecified atom stereocenters. The van der Waals surface area contributed by atoms with Crippen molar-refractivity contribution in [1.82, 2.24) is 4.90 Å². The monoisotopic (exact) mass is 385 g/mol. The number of likely N-dealkylation sites (tertiary alicyclic amines) is 1. The van der Waals surface area contributed by atoms with Crippen LogP contribution in [0.15, 0.2) is 0 Å². The smallest absolute Gasteiger partial charge is 0.108 e. The minimum atomic E-state index is -0.996. The van der Waals surface area contributed by atoms with E-state index in [0.717, 1.165) is 25.8 Å². The number of nitrogens with zero attached hydrogens (tertiary/aromatic N) is 1. The Morgan fingerprint density at radius 1 is 0.630 bits per heavy atom. The zero-order valence-corrected chi connectivity index (χ0v) is 18.1. The van der Waals surface area contributed by atoms with Gasteiger partial charge in [-0.3, -0.25) is 4.90 Å². The number of β-amino-alcohol motifs (C(OH)–C–C–N with tert-alkyl or cyclic N) is 1.